The normalized spacial score (nSPS) is 13.2. The fourth-order valence-electron chi connectivity index (χ4n) is 4.71. The number of hydrogen-bond acceptors (Lipinski definition) is 5. The van der Waals surface area contributed by atoms with Gasteiger partial charge in [-0.1, -0.05) is 60.7 Å². The summed E-state index contributed by atoms with van der Waals surface area (Å²) in [6.07, 6.45) is 0.939. The standard InChI is InChI=1S/C30H24N2O3S2/c1-20-6-15-26-29(18-20)36-30(31-26)24-9-7-21(8-10-24)19-28(33)23-11-13-25(14-12-23)37(34,35)32-17-16-22-4-2-3-5-27(22)32/h2-15,18H,16-17,19H2,1H3. The van der Waals surface area contributed by atoms with Crippen LogP contribution in [0.25, 0.3) is 20.8 Å². The van der Waals surface area contributed by atoms with Crippen molar-refractivity contribution < 1.29 is 13.2 Å². The number of carbonyl (C=O) groups is 1. The number of benzene rings is 4. The van der Waals surface area contributed by atoms with E-state index >= 15 is 0 Å². The van der Waals surface area contributed by atoms with Crippen molar-refractivity contribution in [1.29, 1.82) is 0 Å². The predicted octanol–water partition coefficient (Wildman–Crippen LogP) is 6.45. The number of hydrogen-bond donors (Lipinski definition) is 0. The molecule has 2 heterocycles. The zero-order valence-corrected chi connectivity index (χ0v) is 21.9. The Kier molecular flexibility index (Phi) is 5.89. The maximum Gasteiger partial charge on any atom is 0.264 e. The van der Waals surface area contributed by atoms with Crippen LogP contribution in [0.5, 0.6) is 0 Å². The van der Waals surface area contributed by atoms with Crippen LogP contribution in [-0.4, -0.2) is 25.7 Å². The van der Waals surface area contributed by atoms with E-state index in [0.29, 0.717) is 18.5 Å². The van der Waals surface area contributed by atoms with Gasteiger partial charge < -0.3 is 0 Å². The number of Topliss-reactive ketones (excluding diaryl/α,β-unsaturated/α-hetero) is 1. The fraction of sp³-hybridized carbons (Fsp3) is 0.133. The monoisotopic (exact) mass is 524 g/mol. The van der Waals surface area contributed by atoms with E-state index in [1.165, 1.54) is 22.0 Å². The summed E-state index contributed by atoms with van der Waals surface area (Å²) in [5, 5.41) is 0.955. The van der Waals surface area contributed by atoms with Crippen molar-refractivity contribution >= 4 is 43.0 Å². The Bertz CT molecular complexity index is 1740. The minimum Gasteiger partial charge on any atom is -0.294 e. The van der Waals surface area contributed by atoms with Gasteiger partial charge in [0.25, 0.3) is 10.0 Å². The molecule has 5 aromatic rings. The Morgan fingerprint density at radius 1 is 0.946 bits per heavy atom. The highest BCUT2D eigenvalue weighted by Crippen LogP contribution is 2.33. The number of thiazole rings is 1. The molecule has 37 heavy (non-hydrogen) atoms. The molecule has 0 radical (unpaired) electrons. The second-order valence-corrected chi connectivity index (χ2v) is 12.2. The summed E-state index contributed by atoms with van der Waals surface area (Å²) in [6.45, 7) is 2.50. The number of ketones is 1. The molecule has 0 unspecified atom stereocenters. The molecule has 0 amide bonds. The number of carbonyl (C=O) groups excluding carboxylic acids is 1. The van der Waals surface area contributed by atoms with Crippen molar-refractivity contribution in [3.05, 3.63) is 113 Å². The van der Waals surface area contributed by atoms with Crippen molar-refractivity contribution in [3.63, 3.8) is 0 Å². The van der Waals surface area contributed by atoms with Gasteiger partial charge in [-0.25, -0.2) is 13.4 Å². The minimum atomic E-state index is -3.68. The third kappa shape index (κ3) is 4.45. The summed E-state index contributed by atoms with van der Waals surface area (Å²) in [5.41, 5.74) is 6.37. The zero-order chi connectivity index (χ0) is 25.6. The molecule has 184 valence electrons. The summed E-state index contributed by atoms with van der Waals surface area (Å²) in [6, 6.07) is 28.0. The van der Waals surface area contributed by atoms with Gasteiger partial charge >= 0.3 is 0 Å². The first-order chi connectivity index (χ1) is 17.9. The van der Waals surface area contributed by atoms with Crippen LogP contribution in [0, 0.1) is 6.92 Å². The average Bonchev–Trinajstić information content (AvgIpc) is 3.54. The van der Waals surface area contributed by atoms with Crippen LogP contribution in [0.3, 0.4) is 0 Å². The van der Waals surface area contributed by atoms with Crippen molar-refractivity contribution in [3.8, 4) is 10.6 Å². The SMILES string of the molecule is Cc1ccc2nc(-c3ccc(CC(=O)c4ccc(S(=O)(=O)N5CCc6ccccc65)cc4)cc3)sc2c1. The van der Waals surface area contributed by atoms with Crippen LogP contribution in [0.4, 0.5) is 5.69 Å². The maximum atomic E-state index is 13.2. The lowest BCUT2D eigenvalue weighted by Crippen LogP contribution is -2.29. The van der Waals surface area contributed by atoms with Crippen LogP contribution >= 0.6 is 11.3 Å². The van der Waals surface area contributed by atoms with Gasteiger partial charge in [0.05, 0.1) is 20.8 Å². The highest BCUT2D eigenvalue weighted by atomic mass is 32.2. The molecule has 1 aliphatic rings. The molecular weight excluding hydrogens is 500 g/mol. The molecule has 0 aliphatic carbocycles. The van der Waals surface area contributed by atoms with Crippen LogP contribution in [0.2, 0.25) is 0 Å². The van der Waals surface area contributed by atoms with Crippen LogP contribution in [-0.2, 0) is 22.9 Å². The van der Waals surface area contributed by atoms with Gasteiger partial charge in [0.2, 0.25) is 0 Å². The third-order valence-corrected chi connectivity index (χ3v) is 9.61. The predicted molar refractivity (Wildman–Crippen MR) is 149 cm³/mol. The van der Waals surface area contributed by atoms with E-state index in [4.69, 9.17) is 4.98 Å². The van der Waals surface area contributed by atoms with E-state index < -0.39 is 10.0 Å². The van der Waals surface area contributed by atoms with Crippen LogP contribution in [0.1, 0.15) is 27.0 Å². The topological polar surface area (TPSA) is 67.3 Å². The van der Waals surface area contributed by atoms with E-state index in [-0.39, 0.29) is 17.1 Å². The van der Waals surface area contributed by atoms with Gasteiger partial charge in [0.1, 0.15) is 5.01 Å². The lowest BCUT2D eigenvalue weighted by molar-refractivity contribution is 0.0993. The first-order valence-electron chi connectivity index (χ1n) is 12.1. The molecule has 0 saturated heterocycles. The first kappa shape index (κ1) is 23.6. The van der Waals surface area contributed by atoms with Gasteiger partial charge in [0, 0.05) is 24.1 Å². The third-order valence-electron chi connectivity index (χ3n) is 6.72. The van der Waals surface area contributed by atoms with Crippen molar-refractivity contribution in [2.45, 2.75) is 24.7 Å². The quantitative estimate of drug-likeness (QED) is 0.240. The average molecular weight is 525 g/mol. The summed E-state index contributed by atoms with van der Waals surface area (Å²) < 4.78 is 29.1. The van der Waals surface area contributed by atoms with E-state index in [0.717, 1.165) is 37.6 Å². The Morgan fingerprint density at radius 3 is 2.49 bits per heavy atom. The van der Waals surface area contributed by atoms with Crippen molar-refractivity contribution in [2.75, 3.05) is 10.8 Å². The van der Waals surface area contributed by atoms with Gasteiger partial charge in [-0.15, -0.1) is 11.3 Å². The molecular formula is C30H24N2O3S2. The number of rotatable bonds is 6. The van der Waals surface area contributed by atoms with E-state index in [1.807, 2.05) is 54.6 Å². The molecule has 4 aromatic carbocycles. The molecule has 5 nitrogen and oxygen atoms in total. The second-order valence-electron chi connectivity index (χ2n) is 9.27. The molecule has 0 N–H and O–H groups in total. The molecule has 7 heteroatoms. The van der Waals surface area contributed by atoms with E-state index in [2.05, 4.69) is 19.1 Å². The summed E-state index contributed by atoms with van der Waals surface area (Å²) in [7, 11) is -3.68. The Balaban J connectivity index is 1.16. The Morgan fingerprint density at radius 2 is 1.70 bits per heavy atom. The lowest BCUT2D eigenvalue weighted by Gasteiger charge is -2.19. The Labute approximate surface area is 220 Å². The zero-order valence-electron chi connectivity index (χ0n) is 20.2. The number of para-hydroxylation sites is 1. The number of sulfonamides is 1. The molecule has 0 spiro atoms. The molecule has 1 aromatic heterocycles. The summed E-state index contributed by atoms with van der Waals surface area (Å²) in [4.78, 5) is 17.9. The lowest BCUT2D eigenvalue weighted by atomic mass is 10.0. The summed E-state index contributed by atoms with van der Waals surface area (Å²) >= 11 is 1.66. The van der Waals surface area contributed by atoms with E-state index in [1.54, 1.807) is 23.5 Å². The molecule has 0 fully saturated rings. The Hall–Kier alpha value is -3.81. The first-order valence-corrected chi connectivity index (χ1v) is 14.3. The smallest absolute Gasteiger partial charge is 0.264 e. The summed E-state index contributed by atoms with van der Waals surface area (Å²) in [5.74, 6) is -0.0568. The maximum absolute atomic E-state index is 13.2. The molecule has 1 aliphatic heterocycles. The number of aromatic nitrogens is 1. The van der Waals surface area contributed by atoms with Gasteiger partial charge in [-0.05, 0) is 60.4 Å². The minimum absolute atomic E-state index is 0.0568. The van der Waals surface area contributed by atoms with Crippen LogP contribution in [0.15, 0.2) is 95.9 Å². The number of anilines is 1. The van der Waals surface area contributed by atoms with Gasteiger partial charge in [-0.2, -0.15) is 0 Å². The van der Waals surface area contributed by atoms with Gasteiger partial charge in [-0.3, -0.25) is 9.10 Å². The molecule has 0 atom stereocenters. The molecule has 6 rings (SSSR count). The highest BCUT2D eigenvalue weighted by Gasteiger charge is 2.30. The molecule has 0 bridgehead atoms. The van der Waals surface area contributed by atoms with Crippen molar-refractivity contribution in [2.24, 2.45) is 0 Å². The number of fused-ring (bicyclic) bond motifs is 2. The van der Waals surface area contributed by atoms with Gasteiger partial charge in [0.15, 0.2) is 5.78 Å². The highest BCUT2D eigenvalue weighted by molar-refractivity contribution is 7.92. The van der Waals surface area contributed by atoms with Crippen molar-refractivity contribution in [1.82, 2.24) is 4.98 Å². The second kappa shape index (κ2) is 9.25. The number of aryl methyl sites for hydroxylation is 1. The largest absolute Gasteiger partial charge is 0.294 e. The number of nitrogens with zero attached hydrogens (tertiary/aromatic N) is 2. The molecule has 0 saturated carbocycles. The fourth-order valence-corrected chi connectivity index (χ4v) is 7.28. The van der Waals surface area contributed by atoms with Crippen LogP contribution < -0.4 is 4.31 Å². The van der Waals surface area contributed by atoms with E-state index in [9.17, 15) is 13.2 Å².